The number of aliphatic imine (C=N–C) groups is 3. The summed E-state index contributed by atoms with van der Waals surface area (Å²) >= 11 is 0. The predicted octanol–water partition coefficient (Wildman–Crippen LogP) is 7.23. The number of rotatable bonds is 61. The van der Waals surface area contributed by atoms with Gasteiger partial charge < -0.3 is 71.6 Å². The van der Waals surface area contributed by atoms with Crippen molar-refractivity contribution in [2.24, 2.45) is 55.1 Å². The molecule has 0 aromatic rings. The highest BCUT2D eigenvalue weighted by Gasteiger charge is 2.29. The van der Waals surface area contributed by atoms with Crippen LogP contribution in [0.5, 0.6) is 0 Å². The van der Waals surface area contributed by atoms with Crippen LogP contribution in [0, 0.1) is 0 Å². The van der Waals surface area contributed by atoms with Gasteiger partial charge in [-0.2, -0.15) is 0 Å². The summed E-state index contributed by atoms with van der Waals surface area (Å²) in [6.07, 6.45) is 40.0. The van der Waals surface area contributed by atoms with Crippen molar-refractivity contribution < 1.29 is 33.6 Å². The first-order valence-electron chi connectivity index (χ1n) is 34.2. The Kier molecular flexibility index (Phi) is 53.9. The molecule has 7 amide bonds. The van der Waals surface area contributed by atoms with Crippen molar-refractivity contribution in [1.82, 2.24) is 31.5 Å². The van der Waals surface area contributed by atoms with Gasteiger partial charge in [0.05, 0.1) is 0 Å². The SMILES string of the molecule is CCCCCCCCCCCCCCCCCC(=O)NCCCN(CCCNC(=O)CCCCCCCCCCCCCCCCC)C(=O)CCC(=O)N[C@@H](CCCN=C(N)N)C(=O)N[C@@H](CCCN=C(N)N)C(=O)N[C@@H](CCCN=C(N)N)C(N)=O. The molecule has 0 unspecified atom stereocenters. The Morgan fingerprint density at radius 3 is 0.954 bits per heavy atom. The molecule has 3 atom stereocenters. The van der Waals surface area contributed by atoms with Gasteiger partial charge in [-0.15, -0.1) is 0 Å². The average Bonchev–Trinajstić information content (AvgIpc) is 3.64. The molecule has 0 heterocycles. The maximum Gasteiger partial charge on any atom is 0.243 e. The molecule has 87 heavy (non-hydrogen) atoms. The lowest BCUT2D eigenvalue weighted by Gasteiger charge is -2.25. The maximum absolute atomic E-state index is 14.0. The van der Waals surface area contributed by atoms with E-state index in [1.54, 1.807) is 4.90 Å². The van der Waals surface area contributed by atoms with Gasteiger partial charge in [-0.1, -0.05) is 194 Å². The van der Waals surface area contributed by atoms with Crippen molar-refractivity contribution in [3.63, 3.8) is 0 Å². The quantitative estimate of drug-likeness (QED) is 0.0163. The molecule has 0 saturated heterocycles. The van der Waals surface area contributed by atoms with Gasteiger partial charge in [0, 0.05) is 71.5 Å². The largest absolute Gasteiger partial charge is 0.370 e. The van der Waals surface area contributed by atoms with E-state index in [0.29, 0.717) is 58.3 Å². The Morgan fingerprint density at radius 2 is 0.632 bits per heavy atom. The van der Waals surface area contributed by atoms with Crippen molar-refractivity contribution in [3.8, 4) is 0 Å². The van der Waals surface area contributed by atoms with Gasteiger partial charge in [-0.05, 0) is 64.2 Å². The van der Waals surface area contributed by atoms with Crippen LogP contribution in [0.2, 0.25) is 0 Å². The number of carbonyl (C=O) groups excluding carboxylic acids is 7. The summed E-state index contributed by atoms with van der Waals surface area (Å²) in [5.74, 6) is -3.60. The highest BCUT2D eigenvalue weighted by atomic mass is 16.2. The fourth-order valence-corrected chi connectivity index (χ4v) is 10.4. The molecule has 0 rings (SSSR count). The smallest absolute Gasteiger partial charge is 0.243 e. The van der Waals surface area contributed by atoms with Crippen molar-refractivity contribution in [2.45, 2.75) is 302 Å². The van der Waals surface area contributed by atoms with E-state index in [0.717, 1.165) is 38.5 Å². The lowest BCUT2D eigenvalue weighted by molar-refractivity contribution is -0.135. The van der Waals surface area contributed by atoms with Crippen LogP contribution < -0.4 is 66.7 Å². The van der Waals surface area contributed by atoms with E-state index in [-0.39, 0.29) is 100 Å². The number of primary amides is 1. The number of nitrogens with zero attached hydrogens (tertiary/aromatic N) is 4. The summed E-state index contributed by atoms with van der Waals surface area (Å²) in [6.45, 7) is 6.36. The standard InChI is InChI=1S/C64H126N16O7/c1-3-5-7-9-11-13-15-17-19-21-23-25-27-29-31-41-55(81)72-48-36-50-80(51-37-49-73-56(82)42-32-30-28-26-24-22-20-18-16-14-12-10-8-6-4-2)58(84)44-43-57(83)77-53(39-34-46-75-63(68)69)60(86)79-54(40-35-47-76-64(70)71)61(87)78-52(59(65)85)38-33-45-74-62(66)67/h52-54H,3-51H2,1-2H3,(H2,65,85)(H,72,81)(H,73,82)(H,77,83)(H,78,87)(H,79,86)(H4,66,67,74)(H4,68,69,75)(H4,70,71,76)/t52-,53-,54-/m0/s1. The van der Waals surface area contributed by atoms with Gasteiger partial charge in [0.2, 0.25) is 41.4 Å². The molecule has 0 fully saturated rings. The second kappa shape index (κ2) is 57.8. The molecule has 0 spiro atoms. The summed E-state index contributed by atoms with van der Waals surface area (Å²) < 4.78 is 0. The first-order valence-corrected chi connectivity index (χ1v) is 34.2. The van der Waals surface area contributed by atoms with Gasteiger partial charge >= 0.3 is 0 Å². The minimum absolute atomic E-state index is 0.0170. The Morgan fingerprint density at radius 1 is 0.333 bits per heavy atom. The Balaban J connectivity index is 5.61. The summed E-state index contributed by atoms with van der Waals surface area (Å²) in [7, 11) is 0. The molecule has 0 bridgehead atoms. The van der Waals surface area contributed by atoms with E-state index in [1.807, 2.05) is 0 Å². The van der Waals surface area contributed by atoms with Crippen LogP contribution in [-0.2, 0) is 33.6 Å². The molecule has 0 aliphatic heterocycles. The number of guanidine groups is 3. The van der Waals surface area contributed by atoms with Gasteiger partial charge in [0.25, 0.3) is 0 Å². The van der Waals surface area contributed by atoms with Crippen LogP contribution in [0.25, 0.3) is 0 Å². The molecule has 0 aromatic heterocycles. The number of hydrogen-bond acceptors (Lipinski definition) is 10. The number of carbonyl (C=O) groups is 7. The first-order chi connectivity index (χ1) is 42.0. The Hall–Kier alpha value is -5.90. The minimum Gasteiger partial charge on any atom is -0.370 e. The average molecular weight is 1230 g/mol. The van der Waals surface area contributed by atoms with Crippen LogP contribution in [0.3, 0.4) is 0 Å². The molecule has 0 radical (unpaired) electrons. The highest BCUT2D eigenvalue weighted by Crippen LogP contribution is 2.16. The number of hydrogen-bond donors (Lipinski definition) is 12. The van der Waals surface area contributed by atoms with Crippen LogP contribution in [-0.4, -0.2) is 128 Å². The minimum atomic E-state index is -1.21. The van der Waals surface area contributed by atoms with Crippen LogP contribution in [0.4, 0.5) is 0 Å². The third kappa shape index (κ3) is 52.9. The van der Waals surface area contributed by atoms with E-state index in [9.17, 15) is 33.6 Å². The van der Waals surface area contributed by atoms with Gasteiger partial charge in [0.1, 0.15) is 18.1 Å². The summed E-state index contributed by atoms with van der Waals surface area (Å²) in [6, 6.07) is -3.51. The zero-order valence-electron chi connectivity index (χ0n) is 54.6. The van der Waals surface area contributed by atoms with Crippen molar-refractivity contribution >= 4 is 59.2 Å². The zero-order valence-corrected chi connectivity index (χ0v) is 54.6. The molecule has 0 aliphatic carbocycles. The van der Waals surface area contributed by atoms with Crippen LogP contribution >= 0.6 is 0 Å². The fourth-order valence-electron chi connectivity index (χ4n) is 10.4. The normalized spacial score (nSPS) is 12.0. The topological polar surface area (TPSA) is 402 Å². The van der Waals surface area contributed by atoms with E-state index < -0.39 is 41.8 Å². The predicted molar refractivity (Wildman–Crippen MR) is 355 cm³/mol. The number of amides is 7. The number of nitrogens with one attached hydrogen (secondary N) is 5. The van der Waals surface area contributed by atoms with E-state index >= 15 is 0 Å². The molecule has 0 aliphatic rings. The summed E-state index contributed by atoms with van der Waals surface area (Å²) in [4.78, 5) is 107. The Bertz CT molecular complexity index is 1840. The molecule has 19 N–H and O–H groups in total. The van der Waals surface area contributed by atoms with Crippen molar-refractivity contribution in [3.05, 3.63) is 0 Å². The highest BCUT2D eigenvalue weighted by molar-refractivity contribution is 5.94. The van der Waals surface area contributed by atoms with E-state index in [4.69, 9.17) is 40.1 Å². The van der Waals surface area contributed by atoms with Gasteiger partial charge in [0.15, 0.2) is 17.9 Å². The molecule has 0 saturated carbocycles. The van der Waals surface area contributed by atoms with E-state index in [2.05, 4.69) is 55.4 Å². The molecular formula is C64H126N16O7. The van der Waals surface area contributed by atoms with Gasteiger partial charge in [-0.25, -0.2) is 0 Å². The second-order valence-corrected chi connectivity index (χ2v) is 23.7. The third-order valence-electron chi connectivity index (χ3n) is 15.6. The Labute approximate surface area is 524 Å². The molecule has 23 heteroatoms. The van der Waals surface area contributed by atoms with Crippen LogP contribution in [0.1, 0.15) is 284 Å². The molecule has 0 aromatic carbocycles. The molecule has 23 nitrogen and oxygen atoms in total. The zero-order chi connectivity index (χ0) is 64.4. The lowest BCUT2D eigenvalue weighted by atomic mass is 10.0. The monoisotopic (exact) mass is 1230 g/mol. The van der Waals surface area contributed by atoms with Crippen molar-refractivity contribution in [2.75, 3.05) is 45.8 Å². The van der Waals surface area contributed by atoms with E-state index in [1.165, 1.54) is 154 Å². The lowest BCUT2D eigenvalue weighted by Crippen LogP contribution is -2.56. The third-order valence-corrected chi connectivity index (χ3v) is 15.6. The first kappa shape index (κ1) is 81.1. The number of unbranched alkanes of at least 4 members (excludes halogenated alkanes) is 28. The van der Waals surface area contributed by atoms with Crippen LogP contribution in [0.15, 0.2) is 15.0 Å². The summed E-state index contributed by atoms with van der Waals surface area (Å²) in [5.41, 5.74) is 38.5. The van der Waals surface area contributed by atoms with Gasteiger partial charge in [-0.3, -0.25) is 48.5 Å². The van der Waals surface area contributed by atoms with Crippen molar-refractivity contribution in [1.29, 1.82) is 0 Å². The summed E-state index contributed by atoms with van der Waals surface area (Å²) in [5, 5.41) is 14.1. The second-order valence-electron chi connectivity index (χ2n) is 23.7. The molecular weight excluding hydrogens is 1100 g/mol. The fraction of sp³-hybridized carbons (Fsp3) is 0.844. The molecule has 504 valence electrons. The maximum atomic E-state index is 14.0. The number of nitrogens with two attached hydrogens (primary N) is 7.